The van der Waals surface area contributed by atoms with E-state index in [2.05, 4.69) is 61.7 Å². The summed E-state index contributed by atoms with van der Waals surface area (Å²) >= 11 is 12.8. The van der Waals surface area contributed by atoms with Gasteiger partial charge in [0.25, 0.3) is 0 Å². The molecule has 0 heterocycles. The molecule has 6 aromatic rings. The summed E-state index contributed by atoms with van der Waals surface area (Å²) in [5, 5.41) is 5.68. The van der Waals surface area contributed by atoms with Crippen LogP contribution in [0, 0.1) is 0 Å². The summed E-state index contributed by atoms with van der Waals surface area (Å²) in [4.78, 5) is 0. The SMILES string of the molecule is C=Cc1ccc2ccc(OCc3ccccc3Cl)cc2c1-c1c(C=C)ccc2ccc(OCc3ccccc3Cl)cc12. The van der Waals surface area contributed by atoms with Crippen molar-refractivity contribution >= 4 is 56.9 Å². The summed E-state index contributed by atoms with van der Waals surface area (Å²) in [6, 6.07) is 36.3. The average molecular weight is 588 g/mol. The first-order valence-corrected chi connectivity index (χ1v) is 14.4. The van der Waals surface area contributed by atoms with Gasteiger partial charge in [0.05, 0.1) is 0 Å². The molecule has 4 heteroatoms. The number of rotatable bonds is 9. The first-order chi connectivity index (χ1) is 20.6. The topological polar surface area (TPSA) is 18.5 Å². The lowest BCUT2D eigenvalue weighted by Gasteiger charge is -2.18. The summed E-state index contributed by atoms with van der Waals surface area (Å²) in [6.07, 6.45) is 3.80. The molecule has 0 N–H and O–H groups in total. The molecule has 0 aliphatic carbocycles. The Morgan fingerprint density at radius 3 is 1.33 bits per heavy atom. The van der Waals surface area contributed by atoms with Gasteiger partial charge in [-0.25, -0.2) is 0 Å². The molecule has 206 valence electrons. The number of hydrogen-bond donors (Lipinski definition) is 0. The van der Waals surface area contributed by atoms with E-state index in [0.29, 0.717) is 23.3 Å². The van der Waals surface area contributed by atoms with Crippen molar-refractivity contribution in [3.8, 4) is 22.6 Å². The molecule has 0 aliphatic heterocycles. The molecule has 0 atom stereocenters. The van der Waals surface area contributed by atoms with Crippen LogP contribution < -0.4 is 9.47 Å². The highest BCUT2D eigenvalue weighted by Crippen LogP contribution is 2.42. The summed E-state index contributed by atoms with van der Waals surface area (Å²) in [5.41, 5.74) is 6.04. The Morgan fingerprint density at radius 1 is 0.524 bits per heavy atom. The van der Waals surface area contributed by atoms with E-state index in [1.165, 1.54) is 0 Å². The van der Waals surface area contributed by atoms with Gasteiger partial charge in [-0.05, 0) is 80.2 Å². The third-order valence-electron chi connectivity index (χ3n) is 7.44. The Kier molecular flexibility index (Phi) is 8.01. The van der Waals surface area contributed by atoms with Crippen LogP contribution >= 0.6 is 23.2 Å². The van der Waals surface area contributed by atoms with Gasteiger partial charge in [-0.3, -0.25) is 0 Å². The van der Waals surface area contributed by atoms with Crippen molar-refractivity contribution < 1.29 is 9.47 Å². The molecule has 0 bridgehead atoms. The van der Waals surface area contributed by atoms with Crippen molar-refractivity contribution in [3.05, 3.63) is 155 Å². The van der Waals surface area contributed by atoms with E-state index in [0.717, 1.165) is 66.4 Å². The minimum Gasteiger partial charge on any atom is -0.489 e. The second-order valence-corrected chi connectivity index (χ2v) is 10.8. The molecular weight excluding hydrogens is 559 g/mol. The summed E-state index contributed by atoms with van der Waals surface area (Å²) in [7, 11) is 0. The largest absolute Gasteiger partial charge is 0.489 e. The highest BCUT2D eigenvalue weighted by Gasteiger charge is 2.17. The fourth-order valence-electron chi connectivity index (χ4n) is 5.26. The number of hydrogen-bond acceptors (Lipinski definition) is 2. The molecule has 6 aromatic carbocycles. The Bertz CT molecular complexity index is 1810. The lowest BCUT2D eigenvalue weighted by molar-refractivity contribution is 0.306. The minimum absolute atomic E-state index is 0.375. The molecule has 0 saturated carbocycles. The summed E-state index contributed by atoms with van der Waals surface area (Å²) in [5.74, 6) is 1.52. The van der Waals surface area contributed by atoms with Gasteiger partial charge in [0.2, 0.25) is 0 Å². The summed E-state index contributed by atoms with van der Waals surface area (Å²) in [6.45, 7) is 9.04. The van der Waals surface area contributed by atoms with Crippen molar-refractivity contribution in [2.24, 2.45) is 0 Å². The number of benzene rings is 6. The highest BCUT2D eigenvalue weighted by atomic mass is 35.5. The Hall–Kier alpha value is -4.50. The van der Waals surface area contributed by atoms with E-state index in [4.69, 9.17) is 32.7 Å². The van der Waals surface area contributed by atoms with Gasteiger partial charge < -0.3 is 9.47 Å². The Balaban J connectivity index is 1.48. The summed E-state index contributed by atoms with van der Waals surface area (Å²) < 4.78 is 12.5. The zero-order chi connectivity index (χ0) is 29.1. The molecule has 0 aromatic heterocycles. The molecule has 0 amide bonds. The zero-order valence-corrected chi connectivity index (χ0v) is 24.5. The molecule has 0 unspecified atom stereocenters. The van der Waals surface area contributed by atoms with Crippen LogP contribution in [0.5, 0.6) is 11.5 Å². The zero-order valence-electron chi connectivity index (χ0n) is 22.9. The maximum atomic E-state index is 6.38. The van der Waals surface area contributed by atoms with Crippen LogP contribution in [-0.2, 0) is 13.2 Å². The van der Waals surface area contributed by atoms with E-state index in [1.54, 1.807) is 0 Å². The number of ether oxygens (including phenoxy) is 2. The average Bonchev–Trinajstić information content (AvgIpc) is 3.02. The van der Waals surface area contributed by atoms with E-state index in [9.17, 15) is 0 Å². The number of fused-ring (bicyclic) bond motifs is 2. The van der Waals surface area contributed by atoms with Gasteiger partial charge in [-0.1, -0.05) is 121 Å². The van der Waals surface area contributed by atoms with Gasteiger partial charge in [0.15, 0.2) is 0 Å². The van der Waals surface area contributed by atoms with E-state index >= 15 is 0 Å². The van der Waals surface area contributed by atoms with Crippen molar-refractivity contribution in [2.45, 2.75) is 13.2 Å². The van der Waals surface area contributed by atoms with E-state index < -0.39 is 0 Å². The maximum absolute atomic E-state index is 6.38. The second-order valence-electron chi connectivity index (χ2n) is 9.99. The van der Waals surface area contributed by atoms with Gasteiger partial charge >= 0.3 is 0 Å². The predicted molar refractivity (Wildman–Crippen MR) is 179 cm³/mol. The Labute approximate surface area is 256 Å². The smallest absolute Gasteiger partial charge is 0.120 e. The first kappa shape index (κ1) is 27.7. The lowest BCUT2D eigenvalue weighted by Crippen LogP contribution is -1.98. The van der Waals surface area contributed by atoms with Crippen molar-refractivity contribution in [2.75, 3.05) is 0 Å². The van der Waals surface area contributed by atoms with Crippen LogP contribution in [-0.4, -0.2) is 0 Å². The monoisotopic (exact) mass is 586 g/mol. The van der Waals surface area contributed by atoms with Crippen LogP contribution in [0.3, 0.4) is 0 Å². The molecule has 0 fully saturated rings. The van der Waals surface area contributed by atoms with Gasteiger partial charge in [0, 0.05) is 21.2 Å². The molecule has 0 radical (unpaired) electrons. The van der Waals surface area contributed by atoms with Crippen molar-refractivity contribution in [3.63, 3.8) is 0 Å². The van der Waals surface area contributed by atoms with Crippen LogP contribution in [0.2, 0.25) is 10.0 Å². The van der Waals surface area contributed by atoms with E-state index in [-0.39, 0.29) is 0 Å². The first-order valence-electron chi connectivity index (χ1n) is 13.7. The third kappa shape index (κ3) is 5.52. The van der Waals surface area contributed by atoms with Gasteiger partial charge in [-0.15, -0.1) is 0 Å². The third-order valence-corrected chi connectivity index (χ3v) is 8.18. The van der Waals surface area contributed by atoms with Crippen molar-refractivity contribution in [1.82, 2.24) is 0 Å². The molecule has 6 rings (SSSR count). The Morgan fingerprint density at radius 2 is 0.929 bits per heavy atom. The van der Waals surface area contributed by atoms with Crippen molar-refractivity contribution in [1.29, 1.82) is 0 Å². The number of halogens is 2. The molecule has 0 saturated heterocycles. The quantitative estimate of drug-likeness (QED) is 0.168. The van der Waals surface area contributed by atoms with E-state index in [1.807, 2.05) is 72.8 Å². The van der Waals surface area contributed by atoms with Crippen LogP contribution in [0.15, 0.2) is 122 Å². The molecular formula is C38H28Cl2O2. The van der Waals surface area contributed by atoms with Crippen LogP contribution in [0.1, 0.15) is 22.3 Å². The predicted octanol–water partition coefficient (Wildman–Crippen LogP) is 11.4. The molecule has 0 aliphatic rings. The molecule has 2 nitrogen and oxygen atoms in total. The normalized spacial score (nSPS) is 11.0. The second kappa shape index (κ2) is 12.2. The lowest BCUT2D eigenvalue weighted by atomic mass is 9.87. The fraction of sp³-hybridized carbons (Fsp3) is 0.0526. The minimum atomic E-state index is 0.375. The highest BCUT2D eigenvalue weighted by molar-refractivity contribution is 6.31. The van der Waals surface area contributed by atoms with Gasteiger partial charge in [0.1, 0.15) is 24.7 Å². The standard InChI is InChI=1S/C38H28Cl2O2/c1-3-25-13-15-27-17-19-31(41-23-29-9-5-7-11-35(29)39)21-33(27)37(25)38-26(4-2)14-16-28-18-20-32(22-34(28)38)42-24-30-10-6-8-12-36(30)40/h3-22H,1-2,23-24H2. The van der Waals surface area contributed by atoms with Crippen LogP contribution in [0.4, 0.5) is 0 Å². The fourth-order valence-corrected chi connectivity index (χ4v) is 5.64. The molecule has 42 heavy (non-hydrogen) atoms. The maximum Gasteiger partial charge on any atom is 0.120 e. The van der Waals surface area contributed by atoms with Crippen LogP contribution in [0.25, 0.3) is 44.8 Å². The molecule has 0 spiro atoms. The van der Waals surface area contributed by atoms with Gasteiger partial charge in [-0.2, -0.15) is 0 Å².